The van der Waals surface area contributed by atoms with Crippen molar-refractivity contribution in [2.45, 2.75) is 13.0 Å². The third-order valence-electron chi connectivity index (χ3n) is 3.21. The Labute approximate surface area is 117 Å². The van der Waals surface area contributed by atoms with E-state index in [4.69, 9.17) is 11.6 Å². The van der Waals surface area contributed by atoms with Crippen LogP contribution in [0.25, 0.3) is 0 Å². The third-order valence-corrected chi connectivity index (χ3v) is 3.46. The molecule has 98 valence electrons. The summed E-state index contributed by atoms with van der Waals surface area (Å²) in [7, 11) is 1.93. The Morgan fingerprint density at radius 2 is 1.95 bits per heavy atom. The van der Waals surface area contributed by atoms with Crippen LogP contribution in [0.4, 0.5) is 5.82 Å². The zero-order chi connectivity index (χ0) is 13.8. The number of aldehydes is 1. The summed E-state index contributed by atoms with van der Waals surface area (Å²) in [5.41, 5.74) is 1.71. The van der Waals surface area contributed by atoms with E-state index in [1.807, 2.05) is 36.2 Å². The second-order valence-electron chi connectivity index (χ2n) is 4.37. The number of aromatic nitrogens is 1. The number of hydrogen-bond acceptors (Lipinski definition) is 3. The van der Waals surface area contributed by atoms with Gasteiger partial charge < -0.3 is 4.90 Å². The molecule has 0 aliphatic heterocycles. The van der Waals surface area contributed by atoms with Crippen molar-refractivity contribution < 1.29 is 4.79 Å². The van der Waals surface area contributed by atoms with Gasteiger partial charge in [-0.15, -0.1) is 0 Å². The Hall–Kier alpha value is -1.87. The van der Waals surface area contributed by atoms with Crippen LogP contribution in [0.3, 0.4) is 0 Å². The Morgan fingerprint density at radius 3 is 2.58 bits per heavy atom. The van der Waals surface area contributed by atoms with Gasteiger partial charge in [0, 0.05) is 18.3 Å². The third kappa shape index (κ3) is 2.93. The smallest absolute Gasteiger partial charge is 0.153 e. The first-order valence-corrected chi connectivity index (χ1v) is 6.39. The summed E-state index contributed by atoms with van der Waals surface area (Å²) in [6.07, 6.45) is 2.51. The minimum absolute atomic E-state index is 0.103. The number of anilines is 1. The molecule has 2 rings (SSSR count). The highest BCUT2D eigenvalue weighted by atomic mass is 35.5. The van der Waals surface area contributed by atoms with Gasteiger partial charge in [0.05, 0.1) is 11.6 Å². The highest BCUT2D eigenvalue weighted by Crippen LogP contribution is 2.26. The van der Waals surface area contributed by atoms with Gasteiger partial charge in [0.15, 0.2) is 6.29 Å². The molecular formula is C15H15ClN2O. The van der Waals surface area contributed by atoms with Gasteiger partial charge in [-0.2, -0.15) is 0 Å². The molecule has 0 saturated heterocycles. The molecule has 4 heteroatoms. The molecule has 0 aliphatic rings. The van der Waals surface area contributed by atoms with Crippen molar-refractivity contribution in [1.29, 1.82) is 0 Å². The predicted octanol–water partition coefficient (Wildman–Crippen LogP) is 3.74. The van der Waals surface area contributed by atoms with Gasteiger partial charge in [0.2, 0.25) is 0 Å². The molecule has 1 aromatic heterocycles. The molecule has 0 N–H and O–H groups in total. The second-order valence-corrected chi connectivity index (χ2v) is 4.81. The molecule has 2 aromatic rings. The topological polar surface area (TPSA) is 33.2 Å². The summed E-state index contributed by atoms with van der Waals surface area (Å²) >= 11 is 5.89. The number of carbonyl (C=O) groups excluding carboxylic acids is 1. The molecule has 0 bridgehead atoms. The molecule has 0 amide bonds. The van der Waals surface area contributed by atoms with Crippen LogP contribution in [0.5, 0.6) is 0 Å². The summed E-state index contributed by atoms with van der Waals surface area (Å²) in [5.74, 6) is 0.681. The lowest BCUT2D eigenvalue weighted by Crippen LogP contribution is -2.23. The highest BCUT2D eigenvalue weighted by Gasteiger charge is 2.15. The fourth-order valence-electron chi connectivity index (χ4n) is 1.94. The van der Waals surface area contributed by atoms with Gasteiger partial charge >= 0.3 is 0 Å². The summed E-state index contributed by atoms with van der Waals surface area (Å²) < 4.78 is 0. The number of nitrogens with zero attached hydrogens (tertiary/aromatic N) is 2. The number of halogens is 1. The maximum Gasteiger partial charge on any atom is 0.153 e. The van der Waals surface area contributed by atoms with E-state index >= 15 is 0 Å². The summed E-state index contributed by atoms with van der Waals surface area (Å²) in [4.78, 5) is 17.3. The van der Waals surface area contributed by atoms with Crippen molar-refractivity contribution >= 4 is 23.7 Å². The quantitative estimate of drug-likeness (QED) is 0.796. The minimum Gasteiger partial charge on any atom is -0.352 e. The molecule has 0 aliphatic carbocycles. The average Bonchev–Trinajstić information content (AvgIpc) is 2.46. The van der Waals surface area contributed by atoms with E-state index in [0.29, 0.717) is 16.4 Å². The molecule has 3 nitrogen and oxygen atoms in total. The van der Waals surface area contributed by atoms with Crippen LogP contribution in [0.2, 0.25) is 5.02 Å². The summed E-state index contributed by atoms with van der Waals surface area (Å²) in [6.45, 7) is 2.06. The van der Waals surface area contributed by atoms with Crippen LogP contribution in [-0.2, 0) is 0 Å². The van der Waals surface area contributed by atoms with Crippen molar-refractivity contribution in [2.24, 2.45) is 0 Å². The van der Waals surface area contributed by atoms with E-state index in [1.54, 1.807) is 18.3 Å². The first-order chi connectivity index (χ1) is 9.13. The Morgan fingerprint density at radius 1 is 1.26 bits per heavy atom. The number of benzene rings is 1. The van der Waals surface area contributed by atoms with Gasteiger partial charge in [-0.05, 0) is 36.8 Å². The van der Waals surface area contributed by atoms with Crippen LogP contribution in [0.15, 0.2) is 42.6 Å². The number of hydrogen-bond donors (Lipinski definition) is 0. The molecule has 0 saturated carbocycles. The Kier molecular flexibility index (Phi) is 4.17. The maximum absolute atomic E-state index is 11.1. The maximum atomic E-state index is 11.1. The summed E-state index contributed by atoms with van der Waals surface area (Å²) in [5, 5.41) is 0.713. The van der Waals surface area contributed by atoms with Crippen molar-refractivity contribution in [1.82, 2.24) is 4.98 Å². The van der Waals surface area contributed by atoms with Crippen molar-refractivity contribution in [2.75, 3.05) is 11.9 Å². The molecule has 19 heavy (non-hydrogen) atoms. The second kappa shape index (κ2) is 5.85. The largest absolute Gasteiger partial charge is 0.352 e. The van der Waals surface area contributed by atoms with Crippen LogP contribution >= 0.6 is 11.6 Å². The molecule has 1 heterocycles. The first kappa shape index (κ1) is 13.6. The van der Waals surface area contributed by atoms with Gasteiger partial charge in [0.1, 0.15) is 5.82 Å². The molecular weight excluding hydrogens is 260 g/mol. The van der Waals surface area contributed by atoms with Gasteiger partial charge in [-0.3, -0.25) is 4.79 Å². The standard InChI is InChI=1S/C15H15ClN2O/c1-11(12-5-7-14(16)8-6-12)18(2)15-13(10-19)4-3-9-17-15/h3-11H,1-2H3. The monoisotopic (exact) mass is 274 g/mol. The minimum atomic E-state index is 0.103. The van der Waals surface area contributed by atoms with E-state index in [2.05, 4.69) is 11.9 Å². The number of rotatable bonds is 4. The van der Waals surface area contributed by atoms with Crippen molar-refractivity contribution in [3.63, 3.8) is 0 Å². The van der Waals surface area contributed by atoms with Gasteiger partial charge in [-0.1, -0.05) is 23.7 Å². The van der Waals surface area contributed by atoms with E-state index < -0.39 is 0 Å². The van der Waals surface area contributed by atoms with Crippen LogP contribution in [-0.4, -0.2) is 18.3 Å². The lowest BCUT2D eigenvalue weighted by Gasteiger charge is -2.27. The van der Waals surface area contributed by atoms with E-state index in [1.165, 1.54) is 0 Å². The average molecular weight is 275 g/mol. The Balaban J connectivity index is 2.30. The van der Waals surface area contributed by atoms with E-state index in [-0.39, 0.29) is 6.04 Å². The highest BCUT2D eigenvalue weighted by molar-refractivity contribution is 6.30. The van der Waals surface area contributed by atoms with Crippen molar-refractivity contribution in [3.05, 3.63) is 58.7 Å². The molecule has 0 radical (unpaired) electrons. The number of carbonyl (C=O) groups is 1. The zero-order valence-corrected chi connectivity index (χ0v) is 11.6. The number of pyridine rings is 1. The lowest BCUT2D eigenvalue weighted by molar-refractivity contribution is 0.112. The van der Waals surface area contributed by atoms with Gasteiger partial charge in [0.25, 0.3) is 0 Å². The Bertz CT molecular complexity index is 569. The molecule has 0 fully saturated rings. The van der Waals surface area contributed by atoms with Crippen molar-refractivity contribution in [3.8, 4) is 0 Å². The molecule has 1 atom stereocenters. The first-order valence-electron chi connectivity index (χ1n) is 6.02. The SMILES string of the molecule is CC(c1ccc(Cl)cc1)N(C)c1ncccc1C=O. The summed E-state index contributed by atoms with van der Waals surface area (Å²) in [6, 6.07) is 11.3. The van der Waals surface area contributed by atoms with Crippen LogP contribution in [0, 0.1) is 0 Å². The molecule has 1 aromatic carbocycles. The van der Waals surface area contributed by atoms with Crippen LogP contribution in [0.1, 0.15) is 28.9 Å². The lowest BCUT2D eigenvalue weighted by atomic mass is 10.1. The van der Waals surface area contributed by atoms with E-state index in [0.717, 1.165) is 11.8 Å². The predicted molar refractivity (Wildman–Crippen MR) is 77.9 cm³/mol. The zero-order valence-electron chi connectivity index (χ0n) is 10.9. The van der Waals surface area contributed by atoms with Crippen LogP contribution < -0.4 is 4.90 Å². The molecule has 0 spiro atoms. The fraction of sp³-hybridized carbons (Fsp3) is 0.200. The van der Waals surface area contributed by atoms with Gasteiger partial charge in [-0.25, -0.2) is 4.98 Å². The fourth-order valence-corrected chi connectivity index (χ4v) is 2.07. The van der Waals surface area contributed by atoms with E-state index in [9.17, 15) is 4.79 Å². The molecule has 1 unspecified atom stereocenters. The normalized spacial score (nSPS) is 11.9.